The van der Waals surface area contributed by atoms with Gasteiger partial charge in [0.25, 0.3) is 0 Å². The van der Waals surface area contributed by atoms with Crippen LogP contribution in [0, 0.1) is 5.41 Å². The summed E-state index contributed by atoms with van der Waals surface area (Å²) >= 11 is 0. The highest BCUT2D eigenvalue weighted by atomic mass is 16.5. The van der Waals surface area contributed by atoms with Crippen LogP contribution in [-0.2, 0) is 6.54 Å². The van der Waals surface area contributed by atoms with Gasteiger partial charge in [0.1, 0.15) is 5.75 Å². The van der Waals surface area contributed by atoms with Gasteiger partial charge in [-0.3, -0.25) is 14.9 Å². The minimum absolute atomic E-state index is 0.0967. The maximum absolute atomic E-state index is 12.8. The summed E-state index contributed by atoms with van der Waals surface area (Å²) in [7, 11) is 1.65. The Morgan fingerprint density at radius 1 is 0.917 bits per heavy atom. The molecule has 0 bridgehead atoms. The van der Waals surface area contributed by atoms with Crippen molar-refractivity contribution in [3.63, 3.8) is 0 Å². The monoisotopic (exact) mass is 488 g/mol. The molecule has 0 unspecified atom stereocenters. The molecule has 0 saturated carbocycles. The molecule has 1 aromatic heterocycles. The number of carbonyl (C=O) groups is 1. The van der Waals surface area contributed by atoms with Crippen molar-refractivity contribution in [3.05, 3.63) is 84.2 Å². The fourth-order valence-electron chi connectivity index (χ4n) is 5.43. The quantitative estimate of drug-likeness (QED) is 0.408. The Labute approximate surface area is 212 Å². The van der Waals surface area contributed by atoms with Gasteiger partial charge < -0.3 is 14.4 Å². The van der Waals surface area contributed by atoms with Crippen LogP contribution in [0.3, 0.4) is 0 Å². The van der Waals surface area contributed by atoms with E-state index in [4.69, 9.17) is 9.47 Å². The summed E-state index contributed by atoms with van der Waals surface area (Å²) in [4.78, 5) is 17.2. The Balaban J connectivity index is 1.14. The topological polar surface area (TPSA) is 66.1 Å². The number of carbonyl (C=O) groups excluding carboxylic acids is 1. The average molecular weight is 489 g/mol. The van der Waals surface area contributed by atoms with Crippen LogP contribution in [0.4, 0.5) is 0 Å². The maximum atomic E-state index is 12.8. The minimum Gasteiger partial charge on any atom is -0.493 e. The maximum Gasteiger partial charge on any atom is 0.323 e. The molecule has 1 spiro atoms. The second kappa shape index (κ2) is 10.6. The number of rotatable bonds is 6. The second-order valence-corrected chi connectivity index (χ2v) is 9.90. The number of ether oxygens (including phenoxy) is 2. The molecular formula is C29H34N3O4+. The van der Waals surface area contributed by atoms with Crippen LogP contribution in [0.25, 0.3) is 0 Å². The molecule has 5 rings (SSSR count). The fraction of sp³-hybridized carbons (Fsp3) is 0.379. The van der Waals surface area contributed by atoms with Crippen LogP contribution in [0.1, 0.15) is 41.7 Å². The summed E-state index contributed by atoms with van der Waals surface area (Å²) in [6.45, 7) is 4.50. The van der Waals surface area contributed by atoms with Crippen molar-refractivity contribution in [2.75, 3.05) is 33.3 Å². The molecule has 2 aliphatic rings. The second-order valence-electron chi connectivity index (χ2n) is 9.90. The van der Waals surface area contributed by atoms with Crippen LogP contribution in [0.5, 0.6) is 17.2 Å². The molecule has 0 radical (unpaired) electrons. The van der Waals surface area contributed by atoms with Crippen molar-refractivity contribution in [2.24, 2.45) is 5.41 Å². The van der Waals surface area contributed by atoms with E-state index in [9.17, 15) is 10.0 Å². The largest absolute Gasteiger partial charge is 0.493 e. The van der Waals surface area contributed by atoms with Gasteiger partial charge in [-0.25, -0.2) is 0 Å². The van der Waals surface area contributed by atoms with Crippen molar-refractivity contribution in [1.82, 2.24) is 9.80 Å². The summed E-state index contributed by atoms with van der Waals surface area (Å²) in [5.41, 5.74) is 1.87. The standard InChI is InChI=1S/C29H34N3O4/c1-35-26-10-2-3-11-27(26)36-24-8-6-7-23(21-24)22-30-17-12-29(13-18-30)14-19-31(20-15-29)28(33)25-9-4-5-16-32(25)34/h2-11,16,21,34H,12-15,17-20,22H2,1H3/q+1. The molecule has 2 fully saturated rings. The van der Waals surface area contributed by atoms with E-state index in [1.165, 1.54) is 11.8 Å². The number of amides is 1. The van der Waals surface area contributed by atoms with Gasteiger partial charge >= 0.3 is 11.6 Å². The van der Waals surface area contributed by atoms with E-state index >= 15 is 0 Å². The number of hydrogen-bond acceptors (Lipinski definition) is 5. The summed E-state index contributed by atoms with van der Waals surface area (Å²) in [5.74, 6) is 2.14. The summed E-state index contributed by atoms with van der Waals surface area (Å²) in [5, 5.41) is 9.97. The van der Waals surface area contributed by atoms with Crippen molar-refractivity contribution < 1.29 is 24.2 Å². The van der Waals surface area contributed by atoms with Crippen LogP contribution >= 0.6 is 0 Å². The SMILES string of the molecule is COc1ccccc1Oc1cccc(CN2CCC3(CC2)CCN(C(=O)c2cccc[n+]2O)CC3)c1. The lowest BCUT2D eigenvalue weighted by Gasteiger charge is -2.46. The van der Waals surface area contributed by atoms with Gasteiger partial charge in [-0.05, 0) is 80.1 Å². The zero-order valence-electron chi connectivity index (χ0n) is 20.8. The van der Waals surface area contributed by atoms with Gasteiger partial charge in [0, 0.05) is 36.5 Å². The molecule has 3 heterocycles. The van der Waals surface area contributed by atoms with Gasteiger partial charge in [-0.1, -0.05) is 24.3 Å². The molecule has 7 nitrogen and oxygen atoms in total. The molecule has 2 aliphatic heterocycles. The number of likely N-dealkylation sites (tertiary alicyclic amines) is 2. The molecule has 7 heteroatoms. The van der Waals surface area contributed by atoms with E-state index in [0.717, 1.165) is 74.6 Å². The van der Waals surface area contributed by atoms with Crippen LogP contribution in [0.2, 0.25) is 0 Å². The highest BCUT2D eigenvalue weighted by Crippen LogP contribution is 2.42. The van der Waals surface area contributed by atoms with E-state index in [1.807, 2.05) is 41.3 Å². The third-order valence-corrected chi connectivity index (χ3v) is 7.69. The van der Waals surface area contributed by atoms with Crippen LogP contribution in [0.15, 0.2) is 72.9 Å². The summed E-state index contributed by atoms with van der Waals surface area (Å²) in [6.07, 6.45) is 5.84. The Bertz CT molecular complexity index is 1200. The summed E-state index contributed by atoms with van der Waals surface area (Å²) in [6, 6.07) is 21.1. The van der Waals surface area contributed by atoms with E-state index in [1.54, 1.807) is 25.3 Å². The van der Waals surface area contributed by atoms with Gasteiger partial charge in [0.05, 0.1) is 7.11 Å². The normalized spacial score (nSPS) is 17.6. The number of hydrogen-bond donors (Lipinski definition) is 1. The lowest BCUT2D eigenvalue weighted by molar-refractivity contribution is -0.906. The number of nitrogens with zero attached hydrogens (tertiary/aromatic N) is 3. The van der Waals surface area contributed by atoms with Crippen molar-refractivity contribution >= 4 is 5.91 Å². The molecule has 3 aromatic rings. The van der Waals surface area contributed by atoms with E-state index in [-0.39, 0.29) is 5.91 Å². The number of piperidine rings is 2. The highest BCUT2D eigenvalue weighted by Gasteiger charge is 2.39. The van der Waals surface area contributed by atoms with Gasteiger partial charge in [-0.15, -0.1) is 0 Å². The number of aromatic nitrogens is 1. The molecular weight excluding hydrogens is 454 g/mol. The van der Waals surface area contributed by atoms with Crippen molar-refractivity contribution in [2.45, 2.75) is 32.2 Å². The first-order valence-corrected chi connectivity index (χ1v) is 12.7. The Morgan fingerprint density at radius 3 is 2.33 bits per heavy atom. The van der Waals surface area contributed by atoms with Gasteiger partial charge in [0.2, 0.25) is 6.20 Å². The molecule has 2 saturated heterocycles. The first kappa shape index (κ1) is 24.1. The molecule has 2 aromatic carbocycles. The van der Waals surface area contributed by atoms with E-state index in [0.29, 0.717) is 16.9 Å². The molecule has 0 atom stereocenters. The Kier molecular flexibility index (Phi) is 7.09. The van der Waals surface area contributed by atoms with Crippen LogP contribution < -0.4 is 14.2 Å². The first-order valence-electron chi connectivity index (χ1n) is 12.7. The number of methoxy groups -OCH3 is 1. The molecule has 1 amide bonds. The molecule has 0 aliphatic carbocycles. The minimum atomic E-state index is -0.0967. The smallest absolute Gasteiger partial charge is 0.323 e. The first-order chi connectivity index (χ1) is 17.5. The fourth-order valence-corrected chi connectivity index (χ4v) is 5.43. The number of para-hydroxylation sites is 2. The summed E-state index contributed by atoms with van der Waals surface area (Å²) < 4.78 is 12.4. The zero-order chi connectivity index (χ0) is 25.0. The predicted molar refractivity (Wildman–Crippen MR) is 135 cm³/mol. The van der Waals surface area contributed by atoms with E-state index < -0.39 is 0 Å². The third-order valence-electron chi connectivity index (χ3n) is 7.69. The Hall–Kier alpha value is -3.58. The van der Waals surface area contributed by atoms with Crippen molar-refractivity contribution in [1.29, 1.82) is 0 Å². The Morgan fingerprint density at radius 2 is 1.61 bits per heavy atom. The molecule has 188 valence electrons. The van der Waals surface area contributed by atoms with E-state index in [2.05, 4.69) is 17.0 Å². The average Bonchev–Trinajstić information content (AvgIpc) is 2.91. The van der Waals surface area contributed by atoms with Crippen molar-refractivity contribution in [3.8, 4) is 17.2 Å². The third kappa shape index (κ3) is 5.31. The molecule has 1 N–H and O–H groups in total. The number of pyridine rings is 1. The number of benzene rings is 2. The lowest BCUT2D eigenvalue weighted by Crippen LogP contribution is -2.50. The van der Waals surface area contributed by atoms with Crippen LogP contribution in [-0.4, -0.2) is 54.2 Å². The highest BCUT2D eigenvalue weighted by molar-refractivity contribution is 5.90. The lowest BCUT2D eigenvalue weighted by atomic mass is 9.71. The molecule has 36 heavy (non-hydrogen) atoms. The van der Waals surface area contributed by atoms with Gasteiger partial charge in [0.15, 0.2) is 11.5 Å². The predicted octanol–water partition coefficient (Wildman–Crippen LogP) is 4.53. The zero-order valence-corrected chi connectivity index (χ0v) is 20.8. The van der Waals surface area contributed by atoms with Gasteiger partial charge in [-0.2, -0.15) is 0 Å².